The molecule has 0 spiro atoms. The Morgan fingerprint density at radius 3 is 2.33 bits per heavy atom. The molecule has 0 saturated heterocycles. The zero-order chi connectivity index (χ0) is 12.2. The molecule has 0 aromatic carbocycles. The molecule has 0 atom stereocenters. The third-order valence-electron chi connectivity index (χ3n) is 5.17. The summed E-state index contributed by atoms with van der Waals surface area (Å²) >= 11 is 0. The van der Waals surface area contributed by atoms with Gasteiger partial charge in [0.2, 0.25) is 11.9 Å². The van der Waals surface area contributed by atoms with Crippen LogP contribution in [0.3, 0.4) is 0 Å². The SMILES string of the molecule is O=C(Nc1ncn[nH]1)C12CC3CC(CC(C3)C1)C2. The summed E-state index contributed by atoms with van der Waals surface area (Å²) in [5.74, 6) is 3.01. The first-order valence-corrected chi connectivity index (χ1v) is 6.90. The van der Waals surface area contributed by atoms with Gasteiger partial charge in [0.1, 0.15) is 6.33 Å². The summed E-state index contributed by atoms with van der Waals surface area (Å²) in [6, 6.07) is 0. The molecule has 0 aliphatic heterocycles. The Balaban J connectivity index is 1.58. The van der Waals surface area contributed by atoms with Crippen LogP contribution in [-0.2, 0) is 4.79 Å². The van der Waals surface area contributed by atoms with Gasteiger partial charge in [-0.3, -0.25) is 10.1 Å². The van der Waals surface area contributed by atoms with Crippen LogP contribution < -0.4 is 5.32 Å². The Morgan fingerprint density at radius 2 is 1.83 bits per heavy atom. The van der Waals surface area contributed by atoms with E-state index in [1.54, 1.807) is 0 Å². The van der Waals surface area contributed by atoms with E-state index < -0.39 is 0 Å². The van der Waals surface area contributed by atoms with Crippen LogP contribution >= 0.6 is 0 Å². The molecule has 5 rings (SSSR count). The monoisotopic (exact) mass is 246 g/mol. The molecule has 5 heteroatoms. The predicted molar refractivity (Wildman–Crippen MR) is 65.6 cm³/mol. The summed E-state index contributed by atoms with van der Waals surface area (Å²) in [5.41, 5.74) is -0.110. The highest BCUT2D eigenvalue weighted by molar-refractivity contribution is 5.94. The molecule has 1 amide bonds. The summed E-state index contributed by atoms with van der Waals surface area (Å²) in [6.45, 7) is 0. The Kier molecular flexibility index (Phi) is 2.08. The number of aromatic nitrogens is 3. The zero-order valence-electron chi connectivity index (χ0n) is 10.4. The number of nitrogens with one attached hydrogen (secondary N) is 2. The maximum Gasteiger partial charge on any atom is 0.232 e. The number of hydrogen-bond donors (Lipinski definition) is 2. The van der Waals surface area contributed by atoms with E-state index >= 15 is 0 Å². The second-order valence-corrected chi connectivity index (χ2v) is 6.49. The maximum absolute atomic E-state index is 12.6. The zero-order valence-corrected chi connectivity index (χ0v) is 10.4. The summed E-state index contributed by atoms with van der Waals surface area (Å²) in [7, 11) is 0. The van der Waals surface area contributed by atoms with E-state index in [0.717, 1.165) is 37.0 Å². The summed E-state index contributed by atoms with van der Waals surface area (Å²) < 4.78 is 0. The molecule has 4 bridgehead atoms. The van der Waals surface area contributed by atoms with Crippen molar-refractivity contribution in [2.45, 2.75) is 38.5 Å². The maximum atomic E-state index is 12.6. The highest BCUT2D eigenvalue weighted by Gasteiger charge is 2.54. The third-order valence-corrected chi connectivity index (χ3v) is 5.17. The normalized spacial score (nSPS) is 41.0. The van der Waals surface area contributed by atoms with Crippen LogP contribution in [0, 0.1) is 23.2 Å². The van der Waals surface area contributed by atoms with Gasteiger partial charge in [0.05, 0.1) is 5.41 Å². The van der Waals surface area contributed by atoms with Crippen LogP contribution in [0.1, 0.15) is 38.5 Å². The molecule has 1 aromatic heterocycles. The highest BCUT2D eigenvalue weighted by atomic mass is 16.2. The molecule has 4 saturated carbocycles. The Hall–Kier alpha value is -1.39. The standard InChI is InChI=1S/C13H18N4O/c18-11(16-12-14-7-15-17-12)13-4-8-1-9(5-13)3-10(2-8)6-13/h7-10H,1-6H2,(H2,14,15,16,17,18). The Morgan fingerprint density at radius 1 is 1.22 bits per heavy atom. The lowest BCUT2D eigenvalue weighted by Crippen LogP contribution is -2.51. The number of nitrogens with zero attached hydrogens (tertiary/aromatic N) is 2. The third kappa shape index (κ3) is 1.49. The molecule has 4 aliphatic rings. The van der Waals surface area contributed by atoms with E-state index in [1.807, 2.05) is 0 Å². The first-order valence-electron chi connectivity index (χ1n) is 6.90. The van der Waals surface area contributed by atoms with Gasteiger partial charge in [0.15, 0.2) is 0 Å². The molecule has 5 nitrogen and oxygen atoms in total. The van der Waals surface area contributed by atoms with Gasteiger partial charge in [-0.15, -0.1) is 0 Å². The number of carbonyl (C=O) groups is 1. The number of amides is 1. The van der Waals surface area contributed by atoms with Crippen LogP contribution in [0.15, 0.2) is 6.33 Å². The van der Waals surface area contributed by atoms with Gasteiger partial charge >= 0.3 is 0 Å². The molecule has 2 N–H and O–H groups in total. The first kappa shape index (κ1) is 10.5. The van der Waals surface area contributed by atoms with Crippen molar-refractivity contribution in [3.8, 4) is 0 Å². The smallest absolute Gasteiger partial charge is 0.232 e. The van der Waals surface area contributed by atoms with Crippen LogP contribution in [0.2, 0.25) is 0 Å². The van der Waals surface area contributed by atoms with Crippen molar-refractivity contribution in [3.05, 3.63) is 6.33 Å². The van der Waals surface area contributed by atoms with Crippen molar-refractivity contribution in [3.63, 3.8) is 0 Å². The minimum Gasteiger partial charge on any atom is -0.294 e. The fourth-order valence-electron chi connectivity index (χ4n) is 4.89. The number of aromatic amines is 1. The number of hydrogen-bond acceptors (Lipinski definition) is 3. The largest absolute Gasteiger partial charge is 0.294 e. The van der Waals surface area contributed by atoms with Crippen molar-refractivity contribution in [2.24, 2.45) is 23.2 Å². The molecule has 4 aliphatic carbocycles. The molecule has 96 valence electrons. The topological polar surface area (TPSA) is 70.7 Å². The fraction of sp³-hybridized carbons (Fsp3) is 0.769. The molecule has 4 fully saturated rings. The Labute approximate surface area is 106 Å². The summed E-state index contributed by atoms with van der Waals surface area (Å²) in [6.07, 6.45) is 8.74. The first-order chi connectivity index (χ1) is 8.73. The second-order valence-electron chi connectivity index (χ2n) is 6.49. The number of H-pyrrole nitrogens is 1. The molecule has 0 radical (unpaired) electrons. The van der Waals surface area contributed by atoms with Crippen LogP contribution in [0.25, 0.3) is 0 Å². The molecule has 18 heavy (non-hydrogen) atoms. The Bertz CT molecular complexity index is 432. The second kappa shape index (κ2) is 3.56. The van der Waals surface area contributed by atoms with Crippen LogP contribution in [0.4, 0.5) is 5.95 Å². The van der Waals surface area contributed by atoms with Crippen LogP contribution in [0.5, 0.6) is 0 Å². The van der Waals surface area contributed by atoms with Crippen molar-refractivity contribution < 1.29 is 4.79 Å². The van der Waals surface area contributed by atoms with E-state index in [1.165, 1.54) is 25.6 Å². The number of rotatable bonds is 2. The molecular weight excluding hydrogens is 228 g/mol. The van der Waals surface area contributed by atoms with Crippen molar-refractivity contribution in [2.75, 3.05) is 5.32 Å². The van der Waals surface area contributed by atoms with Crippen molar-refractivity contribution >= 4 is 11.9 Å². The average molecular weight is 246 g/mol. The van der Waals surface area contributed by atoms with E-state index in [2.05, 4.69) is 20.5 Å². The van der Waals surface area contributed by atoms with Gasteiger partial charge in [-0.25, -0.2) is 5.10 Å². The lowest BCUT2D eigenvalue weighted by Gasteiger charge is -2.55. The lowest BCUT2D eigenvalue weighted by atomic mass is 9.49. The molecule has 0 unspecified atom stereocenters. The predicted octanol–water partition coefficient (Wildman–Crippen LogP) is 1.96. The van der Waals surface area contributed by atoms with Gasteiger partial charge in [0.25, 0.3) is 0 Å². The van der Waals surface area contributed by atoms with Crippen LogP contribution in [-0.4, -0.2) is 21.1 Å². The summed E-state index contributed by atoms with van der Waals surface area (Å²) in [4.78, 5) is 16.6. The van der Waals surface area contributed by atoms with Crippen molar-refractivity contribution in [1.29, 1.82) is 0 Å². The van der Waals surface area contributed by atoms with E-state index in [-0.39, 0.29) is 11.3 Å². The van der Waals surface area contributed by atoms with Gasteiger partial charge in [-0.05, 0) is 56.3 Å². The minimum absolute atomic E-state index is 0.110. The van der Waals surface area contributed by atoms with E-state index in [4.69, 9.17) is 0 Å². The molecule has 1 heterocycles. The quantitative estimate of drug-likeness (QED) is 0.838. The van der Waals surface area contributed by atoms with Crippen molar-refractivity contribution in [1.82, 2.24) is 15.2 Å². The molecular formula is C13H18N4O. The summed E-state index contributed by atoms with van der Waals surface area (Å²) in [5, 5.41) is 9.39. The van der Waals surface area contributed by atoms with E-state index in [9.17, 15) is 4.79 Å². The average Bonchev–Trinajstić information content (AvgIpc) is 2.79. The molecule has 1 aromatic rings. The number of anilines is 1. The van der Waals surface area contributed by atoms with Gasteiger partial charge in [0, 0.05) is 0 Å². The fourth-order valence-corrected chi connectivity index (χ4v) is 4.89. The van der Waals surface area contributed by atoms with Gasteiger partial charge < -0.3 is 0 Å². The lowest BCUT2D eigenvalue weighted by molar-refractivity contribution is -0.140. The highest BCUT2D eigenvalue weighted by Crippen LogP contribution is 2.60. The van der Waals surface area contributed by atoms with Gasteiger partial charge in [-0.2, -0.15) is 10.1 Å². The van der Waals surface area contributed by atoms with Gasteiger partial charge in [-0.1, -0.05) is 0 Å². The minimum atomic E-state index is -0.110. The number of carbonyl (C=O) groups excluding carboxylic acids is 1. The van der Waals surface area contributed by atoms with E-state index in [0.29, 0.717) is 5.95 Å².